The highest BCUT2D eigenvalue weighted by molar-refractivity contribution is 5.89. The number of carboxylic acids is 1. The monoisotopic (exact) mass is 339 g/mol. The maximum atomic E-state index is 11.4. The summed E-state index contributed by atoms with van der Waals surface area (Å²) in [6.07, 6.45) is 2.26. The van der Waals surface area contributed by atoms with Crippen LogP contribution in [-0.2, 0) is 17.7 Å². The highest BCUT2D eigenvalue weighted by Gasteiger charge is 2.29. The minimum atomic E-state index is -0.863. The maximum Gasteiger partial charge on any atom is 0.336 e. The van der Waals surface area contributed by atoms with Gasteiger partial charge in [-0.3, -0.25) is 4.90 Å². The third kappa shape index (κ3) is 4.47. The number of piperidine rings is 1. The summed E-state index contributed by atoms with van der Waals surface area (Å²) in [5.41, 5.74) is 2.61. The van der Waals surface area contributed by atoms with Crippen molar-refractivity contribution >= 4 is 5.97 Å². The van der Waals surface area contributed by atoms with Gasteiger partial charge < -0.3 is 9.84 Å². The van der Waals surface area contributed by atoms with Crippen LogP contribution in [0, 0.1) is 5.92 Å². The van der Waals surface area contributed by atoms with Gasteiger partial charge in [0.05, 0.1) is 11.7 Å². The molecule has 3 rings (SSSR count). The van der Waals surface area contributed by atoms with Gasteiger partial charge in [-0.1, -0.05) is 48.5 Å². The molecule has 1 saturated heterocycles. The van der Waals surface area contributed by atoms with E-state index in [1.54, 1.807) is 19.2 Å². The largest absolute Gasteiger partial charge is 0.478 e. The smallest absolute Gasteiger partial charge is 0.336 e. The predicted octanol–water partition coefficient (Wildman–Crippen LogP) is 3.46. The topological polar surface area (TPSA) is 49.8 Å². The van der Waals surface area contributed by atoms with E-state index in [-0.39, 0.29) is 6.10 Å². The second-order valence-corrected chi connectivity index (χ2v) is 6.71. The van der Waals surface area contributed by atoms with Crippen LogP contribution in [0.4, 0.5) is 0 Å². The number of likely N-dealkylation sites (tertiary alicyclic amines) is 1. The van der Waals surface area contributed by atoms with E-state index in [1.165, 1.54) is 5.56 Å². The molecular weight excluding hydrogens is 314 g/mol. The van der Waals surface area contributed by atoms with E-state index in [4.69, 9.17) is 4.74 Å². The van der Waals surface area contributed by atoms with Crippen LogP contribution in [0.25, 0.3) is 0 Å². The molecule has 2 aromatic rings. The van der Waals surface area contributed by atoms with Crippen LogP contribution >= 0.6 is 0 Å². The number of carboxylic acid groups (broad SMARTS) is 1. The Balaban J connectivity index is 1.65. The fourth-order valence-electron chi connectivity index (χ4n) is 3.70. The molecule has 1 heterocycles. The second kappa shape index (κ2) is 8.28. The molecule has 0 saturated carbocycles. The Hall–Kier alpha value is -2.17. The van der Waals surface area contributed by atoms with Crippen LogP contribution in [0.2, 0.25) is 0 Å². The number of hydrogen-bond acceptors (Lipinski definition) is 3. The lowest BCUT2D eigenvalue weighted by Crippen LogP contribution is -2.45. The number of methoxy groups -OCH3 is 1. The predicted molar refractivity (Wildman–Crippen MR) is 97.7 cm³/mol. The molecule has 4 nitrogen and oxygen atoms in total. The van der Waals surface area contributed by atoms with Crippen LogP contribution in [0.15, 0.2) is 54.6 Å². The van der Waals surface area contributed by atoms with Gasteiger partial charge in [-0.05, 0) is 42.5 Å². The molecule has 2 atom stereocenters. The lowest BCUT2D eigenvalue weighted by Gasteiger charge is -2.38. The molecule has 132 valence electrons. The van der Waals surface area contributed by atoms with Crippen molar-refractivity contribution in [1.29, 1.82) is 0 Å². The van der Waals surface area contributed by atoms with Crippen molar-refractivity contribution in [2.75, 3.05) is 20.2 Å². The molecule has 2 aromatic carbocycles. The first-order chi connectivity index (χ1) is 12.2. The molecule has 0 amide bonds. The average Bonchev–Trinajstić information content (AvgIpc) is 2.64. The SMILES string of the molecule is CO[C@H]1CN(Cc2ccccc2C(=O)O)CC[C@@H]1Cc1ccccc1. The van der Waals surface area contributed by atoms with E-state index >= 15 is 0 Å². The lowest BCUT2D eigenvalue weighted by molar-refractivity contribution is -0.0136. The van der Waals surface area contributed by atoms with Crippen molar-refractivity contribution in [3.8, 4) is 0 Å². The van der Waals surface area contributed by atoms with E-state index < -0.39 is 5.97 Å². The first-order valence-electron chi connectivity index (χ1n) is 8.77. The van der Waals surface area contributed by atoms with Crippen LogP contribution in [0.1, 0.15) is 27.9 Å². The molecule has 0 aromatic heterocycles. The molecule has 0 radical (unpaired) electrons. The highest BCUT2D eigenvalue weighted by atomic mass is 16.5. The first-order valence-corrected chi connectivity index (χ1v) is 8.77. The maximum absolute atomic E-state index is 11.4. The summed E-state index contributed by atoms with van der Waals surface area (Å²) in [7, 11) is 1.78. The quantitative estimate of drug-likeness (QED) is 0.875. The molecule has 1 aliphatic rings. The number of ether oxygens (including phenoxy) is 1. The van der Waals surface area contributed by atoms with Crippen LogP contribution in [0.5, 0.6) is 0 Å². The number of benzene rings is 2. The van der Waals surface area contributed by atoms with Gasteiger partial charge in [0.25, 0.3) is 0 Å². The number of carbonyl (C=O) groups is 1. The third-order valence-electron chi connectivity index (χ3n) is 5.07. The number of rotatable bonds is 6. The average molecular weight is 339 g/mol. The summed E-state index contributed by atoms with van der Waals surface area (Å²) in [5.74, 6) is -0.365. The standard InChI is InChI=1S/C21H25NO3/c1-25-20-15-22(14-18-9-5-6-10-19(18)21(23)24)12-11-17(20)13-16-7-3-2-4-8-16/h2-10,17,20H,11-15H2,1H3,(H,23,24)/t17-,20+/m1/s1. The molecule has 1 N–H and O–H groups in total. The Kier molecular flexibility index (Phi) is 5.84. The zero-order valence-corrected chi connectivity index (χ0v) is 14.6. The minimum absolute atomic E-state index is 0.172. The molecule has 4 heteroatoms. The Morgan fingerprint density at radius 3 is 2.60 bits per heavy atom. The van der Waals surface area contributed by atoms with E-state index in [9.17, 15) is 9.90 Å². The van der Waals surface area contributed by atoms with Gasteiger partial charge in [-0.15, -0.1) is 0 Å². The Bertz CT molecular complexity index is 701. The molecule has 0 aliphatic carbocycles. The summed E-state index contributed by atoms with van der Waals surface area (Å²) >= 11 is 0. The van der Waals surface area contributed by atoms with Gasteiger partial charge in [-0.2, -0.15) is 0 Å². The summed E-state index contributed by atoms with van der Waals surface area (Å²) in [5, 5.41) is 9.36. The van der Waals surface area contributed by atoms with Crippen molar-refractivity contribution in [3.05, 3.63) is 71.3 Å². The molecule has 1 aliphatic heterocycles. The van der Waals surface area contributed by atoms with Crippen molar-refractivity contribution < 1.29 is 14.6 Å². The minimum Gasteiger partial charge on any atom is -0.478 e. The van der Waals surface area contributed by atoms with Gasteiger partial charge in [-0.25, -0.2) is 4.79 Å². The summed E-state index contributed by atoms with van der Waals surface area (Å²) in [4.78, 5) is 13.7. The summed E-state index contributed by atoms with van der Waals surface area (Å²) in [6, 6.07) is 17.8. The molecule has 0 unspecified atom stereocenters. The van der Waals surface area contributed by atoms with E-state index in [0.29, 0.717) is 18.0 Å². The lowest BCUT2D eigenvalue weighted by atomic mass is 9.87. The van der Waals surface area contributed by atoms with Crippen LogP contribution in [0.3, 0.4) is 0 Å². The molecule has 0 bridgehead atoms. The molecule has 0 spiro atoms. The van der Waals surface area contributed by atoms with Gasteiger partial charge in [0, 0.05) is 20.2 Å². The number of aromatic carboxylic acids is 1. The Morgan fingerprint density at radius 1 is 1.16 bits per heavy atom. The van der Waals surface area contributed by atoms with E-state index in [1.807, 2.05) is 18.2 Å². The van der Waals surface area contributed by atoms with Gasteiger partial charge in [0.15, 0.2) is 0 Å². The molecule has 1 fully saturated rings. The zero-order valence-electron chi connectivity index (χ0n) is 14.6. The van der Waals surface area contributed by atoms with Crippen molar-refractivity contribution in [2.45, 2.75) is 25.5 Å². The third-order valence-corrected chi connectivity index (χ3v) is 5.07. The normalized spacial score (nSPS) is 21.2. The van der Waals surface area contributed by atoms with Crippen LogP contribution < -0.4 is 0 Å². The van der Waals surface area contributed by atoms with Gasteiger partial charge >= 0.3 is 5.97 Å². The molecular formula is C21H25NO3. The first kappa shape index (κ1) is 17.6. The fraction of sp³-hybridized carbons (Fsp3) is 0.381. The van der Waals surface area contributed by atoms with E-state index in [0.717, 1.165) is 31.5 Å². The van der Waals surface area contributed by atoms with Gasteiger partial charge in [0.2, 0.25) is 0 Å². The fourth-order valence-corrected chi connectivity index (χ4v) is 3.70. The number of nitrogens with zero attached hydrogens (tertiary/aromatic N) is 1. The van der Waals surface area contributed by atoms with E-state index in [2.05, 4.69) is 29.2 Å². The van der Waals surface area contributed by atoms with Crippen molar-refractivity contribution in [1.82, 2.24) is 4.90 Å². The highest BCUT2D eigenvalue weighted by Crippen LogP contribution is 2.25. The number of hydrogen-bond donors (Lipinski definition) is 1. The summed E-state index contributed by atoms with van der Waals surface area (Å²) < 4.78 is 5.76. The van der Waals surface area contributed by atoms with Gasteiger partial charge in [0.1, 0.15) is 0 Å². The zero-order chi connectivity index (χ0) is 17.6. The Morgan fingerprint density at radius 2 is 1.88 bits per heavy atom. The Labute approximate surface area is 149 Å². The van der Waals surface area contributed by atoms with Crippen molar-refractivity contribution in [2.24, 2.45) is 5.92 Å². The molecule has 25 heavy (non-hydrogen) atoms. The second-order valence-electron chi connectivity index (χ2n) is 6.71. The van der Waals surface area contributed by atoms with Crippen molar-refractivity contribution in [3.63, 3.8) is 0 Å². The summed E-state index contributed by atoms with van der Waals surface area (Å²) in [6.45, 7) is 2.45. The van der Waals surface area contributed by atoms with Crippen LogP contribution in [-0.4, -0.2) is 42.3 Å².